The SMILES string of the molecule is COCOc1cc(C=O)cc2c1CC(=O)[C@@H]1[C@H](CN2S(=O)(=O)c2ccccc2)N1C1(c2ccccc2)c2ccccc2-c2ccccc21. The van der Waals surface area contributed by atoms with Crippen LogP contribution in [0.5, 0.6) is 5.75 Å². The van der Waals surface area contributed by atoms with Crippen LogP contribution < -0.4 is 9.04 Å². The molecule has 0 aromatic heterocycles. The molecule has 0 N–H and O–H groups in total. The average Bonchev–Trinajstić information content (AvgIpc) is 3.76. The molecule has 2 aliphatic heterocycles. The average molecular weight is 657 g/mol. The highest BCUT2D eigenvalue weighted by Gasteiger charge is 2.66. The molecule has 2 heterocycles. The second-order valence-corrected chi connectivity index (χ2v) is 14.1. The molecule has 5 aromatic carbocycles. The minimum Gasteiger partial charge on any atom is -0.467 e. The lowest BCUT2D eigenvalue weighted by Gasteiger charge is -2.36. The van der Waals surface area contributed by atoms with Crippen LogP contribution in [0.4, 0.5) is 5.69 Å². The van der Waals surface area contributed by atoms with E-state index in [-0.39, 0.29) is 47.4 Å². The summed E-state index contributed by atoms with van der Waals surface area (Å²) < 4.78 is 41.7. The van der Waals surface area contributed by atoms with Gasteiger partial charge in [-0.05, 0) is 52.1 Å². The Bertz CT molecular complexity index is 2120. The van der Waals surface area contributed by atoms with Crippen LogP contribution in [-0.2, 0) is 31.5 Å². The topological polar surface area (TPSA) is 93.0 Å². The normalized spacial score (nSPS) is 20.4. The third-order valence-corrected chi connectivity index (χ3v) is 11.5. The molecule has 0 saturated carbocycles. The Labute approximate surface area is 279 Å². The number of sulfonamides is 1. The minimum absolute atomic E-state index is 0.0222. The quantitative estimate of drug-likeness (QED) is 0.118. The summed E-state index contributed by atoms with van der Waals surface area (Å²) in [6.07, 6.45) is 0.553. The predicted octanol–water partition coefficient (Wildman–Crippen LogP) is 5.83. The maximum atomic E-state index is 14.6. The first-order valence-corrected chi connectivity index (χ1v) is 17.2. The largest absolute Gasteiger partial charge is 0.467 e. The molecule has 0 radical (unpaired) electrons. The van der Waals surface area contributed by atoms with Crippen molar-refractivity contribution in [3.8, 4) is 16.9 Å². The Balaban J connectivity index is 1.36. The molecule has 48 heavy (non-hydrogen) atoms. The Kier molecular flexibility index (Phi) is 7.28. The molecule has 3 atom stereocenters. The summed E-state index contributed by atoms with van der Waals surface area (Å²) in [6.45, 7) is -0.164. The van der Waals surface area contributed by atoms with Crippen molar-refractivity contribution >= 4 is 27.8 Å². The van der Waals surface area contributed by atoms with Crippen LogP contribution in [0.25, 0.3) is 11.1 Å². The fourth-order valence-electron chi connectivity index (χ4n) is 7.79. The number of nitrogens with zero attached hydrogens (tertiary/aromatic N) is 2. The van der Waals surface area contributed by atoms with Crippen molar-refractivity contribution in [3.05, 3.63) is 149 Å². The molecular weight excluding hydrogens is 625 g/mol. The zero-order valence-corrected chi connectivity index (χ0v) is 27.0. The predicted molar refractivity (Wildman–Crippen MR) is 182 cm³/mol. The number of ketones is 1. The van der Waals surface area contributed by atoms with Gasteiger partial charge in [0.15, 0.2) is 12.6 Å². The van der Waals surface area contributed by atoms with E-state index in [2.05, 4.69) is 41.3 Å². The lowest BCUT2D eigenvalue weighted by molar-refractivity contribution is -0.119. The lowest BCUT2D eigenvalue weighted by Crippen LogP contribution is -2.41. The molecule has 8 nitrogen and oxygen atoms in total. The van der Waals surface area contributed by atoms with Gasteiger partial charge in [-0.1, -0.05) is 97.1 Å². The molecule has 0 bridgehead atoms. The van der Waals surface area contributed by atoms with E-state index in [0.29, 0.717) is 11.8 Å². The van der Waals surface area contributed by atoms with Gasteiger partial charge in [-0.15, -0.1) is 0 Å². The molecule has 8 rings (SSSR count). The summed E-state index contributed by atoms with van der Waals surface area (Å²) in [6, 6.07) is 36.8. The first kappa shape index (κ1) is 30.3. The summed E-state index contributed by atoms with van der Waals surface area (Å²) in [7, 11) is -2.69. The first-order valence-electron chi connectivity index (χ1n) is 15.8. The van der Waals surface area contributed by atoms with Crippen LogP contribution in [-0.4, -0.2) is 57.9 Å². The van der Waals surface area contributed by atoms with Crippen molar-refractivity contribution in [1.29, 1.82) is 0 Å². The van der Waals surface area contributed by atoms with Crippen molar-refractivity contribution < 1.29 is 27.5 Å². The number of rotatable bonds is 8. The number of carbonyl (C=O) groups is 2. The summed E-state index contributed by atoms with van der Waals surface area (Å²) in [5.74, 6) is 0.175. The monoisotopic (exact) mass is 656 g/mol. The molecule has 0 amide bonds. The van der Waals surface area contributed by atoms with E-state index in [1.807, 2.05) is 42.5 Å². The number of benzene rings is 5. The Morgan fingerprint density at radius 1 is 0.833 bits per heavy atom. The number of carbonyl (C=O) groups excluding carboxylic acids is 2. The van der Waals surface area contributed by atoms with E-state index >= 15 is 0 Å². The fraction of sp³-hybridized carbons (Fsp3) is 0.179. The van der Waals surface area contributed by atoms with Crippen LogP contribution in [0.15, 0.2) is 126 Å². The number of anilines is 1. The summed E-state index contributed by atoms with van der Waals surface area (Å²) in [4.78, 5) is 29.0. The zero-order chi connectivity index (χ0) is 33.0. The van der Waals surface area contributed by atoms with E-state index in [4.69, 9.17) is 9.47 Å². The summed E-state index contributed by atoms with van der Waals surface area (Å²) in [5, 5.41) is 0. The second kappa shape index (κ2) is 11.6. The molecule has 0 spiro atoms. The molecule has 240 valence electrons. The van der Waals surface area contributed by atoms with Crippen molar-refractivity contribution in [2.75, 3.05) is 24.8 Å². The van der Waals surface area contributed by atoms with Crippen molar-refractivity contribution in [3.63, 3.8) is 0 Å². The van der Waals surface area contributed by atoms with Gasteiger partial charge in [-0.25, -0.2) is 8.42 Å². The van der Waals surface area contributed by atoms with Gasteiger partial charge < -0.3 is 9.47 Å². The standard InChI is InChI=1S/C39H32N2O6S/c1-46-25-47-37-21-26(24-42)20-34-31(37)22-36(43)38-35(23-40(34)48(44,45)28-14-6-3-7-15-28)41(38)39(27-12-4-2-5-13-27)32-18-10-8-16-29(32)30-17-9-11-19-33(30)39/h2-21,24,35,38H,22-23,25H2,1H3/t35-,38-,41?/m0/s1. The molecular formula is C39H32N2O6S. The molecule has 9 heteroatoms. The fourth-order valence-corrected chi connectivity index (χ4v) is 9.32. The number of hydrogen-bond donors (Lipinski definition) is 0. The summed E-state index contributed by atoms with van der Waals surface area (Å²) in [5.41, 5.74) is 5.23. The van der Waals surface area contributed by atoms with Crippen LogP contribution in [0, 0.1) is 0 Å². The first-order chi connectivity index (χ1) is 23.4. The number of methoxy groups -OCH3 is 1. The Morgan fingerprint density at radius 3 is 2.06 bits per heavy atom. The molecule has 5 aromatic rings. The van der Waals surface area contributed by atoms with Gasteiger partial charge in [0.05, 0.1) is 34.8 Å². The Morgan fingerprint density at radius 2 is 1.44 bits per heavy atom. The number of aldehydes is 1. The maximum Gasteiger partial charge on any atom is 0.264 e. The van der Waals surface area contributed by atoms with Gasteiger partial charge in [0.1, 0.15) is 12.0 Å². The van der Waals surface area contributed by atoms with Gasteiger partial charge >= 0.3 is 0 Å². The van der Waals surface area contributed by atoms with Crippen molar-refractivity contribution in [2.24, 2.45) is 0 Å². The van der Waals surface area contributed by atoms with Crippen LogP contribution in [0.1, 0.15) is 32.6 Å². The second-order valence-electron chi connectivity index (χ2n) is 12.3. The number of ether oxygens (including phenoxy) is 2. The third-order valence-electron chi connectivity index (χ3n) is 9.74. The number of hydrogen-bond acceptors (Lipinski definition) is 7. The van der Waals surface area contributed by atoms with E-state index < -0.39 is 27.6 Å². The van der Waals surface area contributed by atoms with Gasteiger partial charge in [-0.2, -0.15) is 0 Å². The van der Waals surface area contributed by atoms with Crippen molar-refractivity contribution in [1.82, 2.24) is 4.90 Å². The van der Waals surface area contributed by atoms with Crippen LogP contribution in [0.3, 0.4) is 0 Å². The minimum atomic E-state index is -4.16. The van der Waals surface area contributed by atoms with Crippen LogP contribution in [0.2, 0.25) is 0 Å². The summed E-state index contributed by atoms with van der Waals surface area (Å²) >= 11 is 0. The van der Waals surface area contributed by atoms with E-state index in [1.54, 1.807) is 30.3 Å². The molecule has 1 aliphatic carbocycles. The highest BCUT2D eigenvalue weighted by atomic mass is 32.2. The highest BCUT2D eigenvalue weighted by Crippen LogP contribution is 2.60. The lowest BCUT2D eigenvalue weighted by atomic mass is 9.80. The van der Waals surface area contributed by atoms with Gasteiger partial charge in [0.2, 0.25) is 0 Å². The molecule has 3 aliphatic rings. The zero-order valence-electron chi connectivity index (χ0n) is 26.2. The molecule has 1 saturated heterocycles. The van der Waals surface area contributed by atoms with Crippen LogP contribution >= 0.6 is 0 Å². The molecule has 1 unspecified atom stereocenters. The number of Topliss-reactive ketones (excluding diaryl/α,β-unsaturated/α-hetero) is 1. The highest BCUT2D eigenvalue weighted by molar-refractivity contribution is 7.92. The van der Waals surface area contributed by atoms with Gasteiger partial charge in [0, 0.05) is 24.7 Å². The van der Waals surface area contributed by atoms with E-state index in [0.717, 1.165) is 27.8 Å². The van der Waals surface area contributed by atoms with Crippen molar-refractivity contribution in [2.45, 2.75) is 28.9 Å². The number of fused-ring (bicyclic) bond motifs is 5. The van der Waals surface area contributed by atoms with E-state index in [9.17, 15) is 18.0 Å². The van der Waals surface area contributed by atoms with Gasteiger partial charge in [0.25, 0.3) is 10.0 Å². The third kappa shape index (κ3) is 4.46. The maximum absolute atomic E-state index is 14.6. The smallest absolute Gasteiger partial charge is 0.264 e. The van der Waals surface area contributed by atoms with Gasteiger partial charge in [-0.3, -0.25) is 18.8 Å². The molecule has 1 fully saturated rings. The Hall–Kier alpha value is -5.09. The van der Waals surface area contributed by atoms with E-state index in [1.165, 1.54) is 23.5 Å².